The van der Waals surface area contributed by atoms with Gasteiger partial charge in [0.2, 0.25) is 5.78 Å². The lowest BCUT2D eigenvalue weighted by atomic mass is 9.53. The van der Waals surface area contributed by atoms with Crippen LogP contribution in [0.4, 0.5) is 0 Å². The number of aliphatic hydroxyl groups excluding tert-OH is 2. The molecule has 2 fully saturated rings. The Morgan fingerprint density at radius 1 is 1.31 bits per heavy atom. The molecule has 5 atom stereocenters. The number of hydrogen-bond donors (Lipinski definition) is 3. The third kappa shape index (κ3) is 2.30. The Hall–Kier alpha value is -2.45. The van der Waals surface area contributed by atoms with Gasteiger partial charge in [-0.05, 0) is 25.3 Å². The predicted molar refractivity (Wildman–Crippen MR) is 100 cm³/mol. The van der Waals surface area contributed by atoms with Gasteiger partial charge in [0, 0.05) is 42.2 Å². The summed E-state index contributed by atoms with van der Waals surface area (Å²) in [6.45, 7) is 3.47. The highest BCUT2D eigenvalue weighted by Crippen LogP contribution is 2.61. The molecule has 3 aliphatic carbocycles. The van der Waals surface area contributed by atoms with Crippen LogP contribution in [0.5, 0.6) is 0 Å². The second kappa shape index (κ2) is 6.27. The molecule has 1 unspecified atom stereocenters. The standard InChI is InChI=1S/C21H25NO7/c1-20-6-11(23)16-14(10(20)4-5-12(20)24)17(25)18(26)15-9(7-22)19(27)29-13(8-28-3)21(15,16)2/h7,10-11,13,23,26H,4-6,8,22H2,1-3H3/t10?,11-,13-,20+,21+/m1/s1. The Kier molecular flexibility index (Phi) is 4.29. The van der Waals surface area contributed by atoms with Gasteiger partial charge in [0.15, 0.2) is 5.76 Å². The van der Waals surface area contributed by atoms with E-state index in [0.29, 0.717) is 18.4 Å². The number of rotatable bonds is 2. The zero-order valence-corrected chi connectivity index (χ0v) is 16.7. The number of carbonyl (C=O) groups excluding carboxylic acids is 3. The lowest BCUT2D eigenvalue weighted by Crippen LogP contribution is -2.56. The lowest BCUT2D eigenvalue weighted by molar-refractivity contribution is -0.157. The molecule has 156 valence electrons. The number of aliphatic hydroxyl groups is 2. The fraction of sp³-hybridized carbons (Fsp3) is 0.571. The van der Waals surface area contributed by atoms with Crippen molar-refractivity contribution in [3.05, 3.63) is 34.3 Å². The van der Waals surface area contributed by atoms with Crippen molar-refractivity contribution in [3.63, 3.8) is 0 Å². The molecule has 4 aliphatic rings. The van der Waals surface area contributed by atoms with Gasteiger partial charge in [-0.15, -0.1) is 0 Å². The van der Waals surface area contributed by atoms with E-state index >= 15 is 0 Å². The maximum Gasteiger partial charge on any atom is 0.340 e. The van der Waals surface area contributed by atoms with E-state index in [1.54, 1.807) is 13.8 Å². The van der Waals surface area contributed by atoms with Crippen LogP contribution in [0.15, 0.2) is 34.3 Å². The molecule has 0 amide bonds. The van der Waals surface area contributed by atoms with Crippen LogP contribution in [-0.2, 0) is 23.9 Å². The van der Waals surface area contributed by atoms with Crippen LogP contribution in [-0.4, -0.2) is 53.7 Å². The second-order valence-corrected chi connectivity index (χ2v) is 8.66. The number of cyclic esters (lactones) is 1. The van der Waals surface area contributed by atoms with Gasteiger partial charge in [0.1, 0.15) is 11.9 Å². The smallest absolute Gasteiger partial charge is 0.340 e. The highest BCUT2D eigenvalue weighted by atomic mass is 16.6. The Bertz CT molecular complexity index is 929. The van der Waals surface area contributed by atoms with E-state index in [1.165, 1.54) is 7.11 Å². The third-order valence-electron chi connectivity index (χ3n) is 7.30. The zero-order valence-electron chi connectivity index (χ0n) is 16.7. The molecular formula is C21H25NO7. The SMILES string of the molecule is COC[C@H]1OC(=O)C(=CN)C2=C(O)C(=O)C3=C([C@H](O)C[C@]4(C)C(=O)CCC34)[C@]21C. The van der Waals surface area contributed by atoms with E-state index in [1.807, 2.05) is 0 Å². The lowest BCUT2D eigenvalue weighted by Gasteiger charge is -2.52. The van der Waals surface area contributed by atoms with E-state index < -0.39 is 46.5 Å². The molecule has 4 rings (SSSR count). The maximum absolute atomic E-state index is 13.3. The minimum Gasteiger partial charge on any atom is -0.504 e. The van der Waals surface area contributed by atoms with E-state index in [2.05, 4.69) is 0 Å². The fourth-order valence-electron chi connectivity index (χ4n) is 5.85. The monoisotopic (exact) mass is 403 g/mol. The van der Waals surface area contributed by atoms with Crippen molar-refractivity contribution in [1.82, 2.24) is 0 Å². The first-order valence-electron chi connectivity index (χ1n) is 9.69. The van der Waals surface area contributed by atoms with Gasteiger partial charge in [0.05, 0.1) is 23.7 Å². The second-order valence-electron chi connectivity index (χ2n) is 8.66. The largest absolute Gasteiger partial charge is 0.504 e. The molecule has 0 spiro atoms. The van der Waals surface area contributed by atoms with Crippen LogP contribution in [0.2, 0.25) is 0 Å². The Balaban J connectivity index is 2.02. The third-order valence-corrected chi connectivity index (χ3v) is 7.30. The minimum atomic E-state index is -1.21. The summed E-state index contributed by atoms with van der Waals surface area (Å²) >= 11 is 0. The van der Waals surface area contributed by atoms with Crippen molar-refractivity contribution in [1.29, 1.82) is 0 Å². The van der Waals surface area contributed by atoms with Crippen LogP contribution < -0.4 is 5.73 Å². The average Bonchev–Trinajstić information content (AvgIpc) is 2.95. The van der Waals surface area contributed by atoms with Crippen molar-refractivity contribution >= 4 is 17.5 Å². The summed E-state index contributed by atoms with van der Waals surface area (Å²) in [7, 11) is 1.45. The summed E-state index contributed by atoms with van der Waals surface area (Å²) in [5.74, 6) is -2.42. The number of methoxy groups -OCH3 is 1. The molecule has 1 saturated heterocycles. The maximum atomic E-state index is 13.3. The number of hydrogen-bond acceptors (Lipinski definition) is 8. The van der Waals surface area contributed by atoms with Gasteiger partial charge in [-0.2, -0.15) is 0 Å². The first-order valence-corrected chi connectivity index (χ1v) is 9.69. The summed E-state index contributed by atoms with van der Waals surface area (Å²) in [6, 6.07) is 0. The van der Waals surface area contributed by atoms with E-state index in [9.17, 15) is 24.6 Å². The van der Waals surface area contributed by atoms with Gasteiger partial charge < -0.3 is 25.4 Å². The van der Waals surface area contributed by atoms with Gasteiger partial charge in [-0.25, -0.2) is 4.79 Å². The van der Waals surface area contributed by atoms with Gasteiger partial charge in [0.25, 0.3) is 0 Å². The molecule has 1 heterocycles. The quantitative estimate of drug-likeness (QED) is 0.456. The highest BCUT2D eigenvalue weighted by Gasteiger charge is 2.63. The molecule has 29 heavy (non-hydrogen) atoms. The van der Waals surface area contributed by atoms with Crippen LogP contribution >= 0.6 is 0 Å². The first-order chi connectivity index (χ1) is 13.6. The van der Waals surface area contributed by atoms with Crippen molar-refractivity contribution in [2.45, 2.75) is 45.3 Å². The molecule has 0 aromatic heterocycles. The highest BCUT2D eigenvalue weighted by molar-refractivity contribution is 6.13. The summed E-state index contributed by atoms with van der Waals surface area (Å²) < 4.78 is 10.8. The molecule has 0 bridgehead atoms. The normalized spacial score (nSPS) is 40.8. The Morgan fingerprint density at radius 2 is 2.00 bits per heavy atom. The molecule has 0 aromatic rings. The number of Topliss-reactive ketones (excluding diaryl/α,β-unsaturated/α-hetero) is 2. The molecule has 4 N–H and O–H groups in total. The van der Waals surface area contributed by atoms with Crippen molar-refractivity contribution in [3.8, 4) is 0 Å². The van der Waals surface area contributed by atoms with E-state index in [4.69, 9.17) is 15.2 Å². The Labute approximate surface area is 168 Å². The Morgan fingerprint density at radius 3 is 2.62 bits per heavy atom. The number of ether oxygens (including phenoxy) is 2. The molecule has 8 heteroatoms. The van der Waals surface area contributed by atoms with E-state index in [0.717, 1.165) is 6.20 Å². The van der Waals surface area contributed by atoms with Crippen LogP contribution in [0.1, 0.15) is 33.1 Å². The summed E-state index contributed by atoms with van der Waals surface area (Å²) in [6.07, 6.45) is -0.0278. The zero-order chi connectivity index (χ0) is 21.3. The molecule has 0 radical (unpaired) electrons. The number of allylic oxidation sites excluding steroid dienone is 1. The average molecular weight is 403 g/mol. The molecule has 1 saturated carbocycles. The summed E-state index contributed by atoms with van der Waals surface area (Å²) in [4.78, 5) is 38.3. The van der Waals surface area contributed by atoms with Crippen LogP contribution in [0.3, 0.4) is 0 Å². The fourth-order valence-corrected chi connectivity index (χ4v) is 5.85. The molecule has 0 aromatic carbocycles. The van der Waals surface area contributed by atoms with Gasteiger partial charge >= 0.3 is 5.97 Å². The van der Waals surface area contributed by atoms with Crippen LogP contribution in [0, 0.1) is 16.7 Å². The van der Waals surface area contributed by atoms with Gasteiger partial charge in [-0.1, -0.05) is 6.92 Å². The number of ketones is 2. The van der Waals surface area contributed by atoms with Gasteiger partial charge in [-0.3, -0.25) is 9.59 Å². The van der Waals surface area contributed by atoms with Crippen molar-refractivity contribution < 1.29 is 34.1 Å². The van der Waals surface area contributed by atoms with E-state index in [-0.39, 0.29) is 35.5 Å². The molecular weight excluding hydrogens is 378 g/mol. The number of fused-ring (bicyclic) bond motifs is 4. The molecule has 8 nitrogen and oxygen atoms in total. The minimum absolute atomic E-state index is 0.00454. The first kappa shape index (κ1) is 19.8. The number of nitrogens with two attached hydrogens (primary N) is 1. The molecule has 1 aliphatic heterocycles. The van der Waals surface area contributed by atoms with Crippen LogP contribution in [0.25, 0.3) is 0 Å². The van der Waals surface area contributed by atoms with Crippen molar-refractivity contribution in [2.24, 2.45) is 22.5 Å². The van der Waals surface area contributed by atoms with Crippen molar-refractivity contribution in [2.75, 3.05) is 13.7 Å². The topological polar surface area (TPSA) is 136 Å². The summed E-state index contributed by atoms with van der Waals surface area (Å²) in [5, 5.41) is 22.1. The number of esters is 1. The predicted octanol–water partition coefficient (Wildman–Crippen LogP) is 0.848. The number of carbonyl (C=O) groups is 3. The summed E-state index contributed by atoms with van der Waals surface area (Å²) in [5.41, 5.74) is 4.15.